The smallest absolute Gasteiger partial charge is 0.338 e. The first kappa shape index (κ1) is 20.5. The van der Waals surface area contributed by atoms with Crippen LogP contribution in [0.3, 0.4) is 0 Å². The van der Waals surface area contributed by atoms with E-state index in [1.807, 2.05) is 6.92 Å². The molecule has 6 heteroatoms. The van der Waals surface area contributed by atoms with Crippen LogP contribution in [-0.2, 0) is 4.74 Å². The molecule has 0 saturated carbocycles. The highest BCUT2D eigenvalue weighted by Gasteiger charge is 2.10. The Kier molecular flexibility index (Phi) is 10.4. The summed E-state index contributed by atoms with van der Waals surface area (Å²) in [6, 6.07) is 5.00. The average molecular weight is 330 g/mol. The van der Waals surface area contributed by atoms with Crippen molar-refractivity contribution in [3.63, 3.8) is 0 Å². The van der Waals surface area contributed by atoms with Crippen molar-refractivity contribution in [1.82, 2.24) is 4.90 Å². The number of hydrogen-bond acceptors (Lipinski definition) is 5. The largest absolute Gasteiger partial charge is 1.00 e. The highest BCUT2D eigenvalue weighted by Crippen LogP contribution is 2.23. The fourth-order valence-corrected chi connectivity index (χ4v) is 1.91. The molecule has 1 aromatic rings. The Bertz CT molecular complexity index is 451. The van der Waals surface area contributed by atoms with Crippen molar-refractivity contribution in [2.75, 3.05) is 38.6 Å². The lowest BCUT2D eigenvalue weighted by atomic mass is 10.2. The van der Waals surface area contributed by atoms with E-state index >= 15 is 0 Å². The lowest BCUT2D eigenvalue weighted by molar-refractivity contribution is -0.0000237. The van der Waals surface area contributed by atoms with Crippen LogP contribution in [0.5, 0.6) is 5.75 Å². The highest BCUT2D eigenvalue weighted by molar-refractivity contribution is 5.91. The quantitative estimate of drug-likeness (QED) is 0.491. The van der Waals surface area contributed by atoms with Crippen LogP contribution in [0, 0.1) is 0 Å². The number of benzene rings is 1. The van der Waals surface area contributed by atoms with Crippen molar-refractivity contribution in [2.45, 2.75) is 27.2 Å². The van der Waals surface area contributed by atoms with Gasteiger partial charge in [-0.1, -0.05) is 20.8 Å². The fourth-order valence-electron chi connectivity index (χ4n) is 1.91. The number of nitrogens with zero attached hydrogens (tertiary/aromatic N) is 1. The van der Waals surface area contributed by atoms with E-state index in [2.05, 4.69) is 18.7 Å². The van der Waals surface area contributed by atoms with E-state index in [4.69, 9.17) is 15.2 Å². The lowest BCUT2D eigenvalue weighted by Gasteiger charge is -2.17. The van der Waals surface area contributed by atoms with Gasteiger partial charge in [-0.05, 0) is 37.7 Å². The van der Waals surface area contributed by atoms with Crippen LogP contribution in [-0.4, -0.2) is 43.7 Å². The number of esters is 1. The molecule has 2 N–H and O–H groups in total. The molecule has 0 aromatic heterocycles. The van der Waals surface area contributed by atoms with Gasteiger partial charge in [0.2, 0.25) is 0 Å². The van der Waals surface area contributed by atoms with E-state index in [0.29, 0.717) is 30.2 Å². The van der Waals surface area contributed by atoms with Gasteiger partial charge < -0.3 is 32.5 Å². The summed E-state index contributed by atoms with van der Waals surface area (Å²) < 4.78 is 10.7. The first-order valence-corrected chi connectivity index (χ1v) is 7.54. The molecular weight excluding hydrogens is 304 g/mol. The molecule has 1 aromatic carbocycles. The van der Waals surface area contributed by atoms with Crippen LogP contribution >= 0.6 is 0 Å². The second-order valence-electron chi connectivity index (χ2n) is 4.76. The molecule has 0 radical (unpaired) electrons. The Morgan fingerprint density at radius 2 is 1.86 bits per heavy atom. The molecule has 22 heavy (non-hydrogen) atoms. The third-order valence-electron chi connectivity index (χ3n) is 3.24. The number of ether oxygens (including phenoxy) is 2. The normalized spacial score (nSPS) is 10.2. The van der Waals surface area contributed by atoms with Crippen molar-refractivity contribution in [3.8, 4) is 5.75 Å². The number of carbonyl (C=O) groups excluding carboxylic acids is 1. The van der Waals surface area contributed by atoms with Gasteiger partial charge in [-0.2, -0.15) is 0 Å². The Labute approximate surface area is 139 Å². The summed E-state index contributed by atoms with van der Waals surface area (Å²) in [4.78, 5) is 14.1. The van der Waals surface area contributed by atoms with Crippen molar-refractivity contribution < 1.29 is 26.7 Å². The third-order valence-corrected chi connectivity index (χ3v) is 3.24. The van der Waals surface area contributed by atoms with Gasteiger partial charge in [0, 0.05) is 6.54 Å². The maximum absolute atomic E-state index is 11.9. The molecule has 126 valence electrons. The number of likely N-dealkylation sites (N-methyl/N-ethyl adjacent to an activating group) is 1. The average Bonchev–Trinajstić information content (AvgIpc) is 2.50. The van der Waals surface area contributed by atoms with E-state index in [-0.39, 0.29) is 18.4 Å². The Hall–Kier alpha value is -1.46. The lowest BCUT2D eigenvalue weighted by Crippen LogP contribution is -3.00. The molecule has 0 fully saturated rings. The number of rotatable bonds is 9. The van der Waals surface area contributed by atoms with Crippen LogP contribution in [0.25, 0.3) is 0 Å². The standard InChI is InChI=1S/C16H26N2O3.ClH/c1-4-10-20-15-8-7-13(12-14(15)17)16(19)21-11-9-18(5-2)6-3;/h7-8,12H,4-6,9-11,17H2,1-3H3;1H/p-1. The van der Waals surface area contributed by atoms with Gasteiger partial charge in [0.15, 0.2) is 0 Å². The number of anilines is 1. The predicted octanol–water partition coefficient (Wildman–Crippen LogP) is -0.440. The molecule has 0 aliphatic carbocycles. The van der Waals surface area contributed by atoms with Gasteiger partial charge in [0.05, 0.1) is 17.9 Å². The Morgan fingerprint density at radius 3 is 2.41 bits per heavy atom. The number of nitrogens with two attached hydrogens (primary N) is 1. The molecular formula is C16H26ClN2O3-. The number of halogens is 1. The van der Waals surface area contributed by atoms with Crippen LogP contribution in [0.15, 0.2) is 18.2 Å². The predicted molar refractivity (Wildman–Crippen MR) is 84.7 cm³/mol. The molecule has 5 nitrogen and oxygen atoms in total. The van der Waals surface area contributed by atoms with Crippen molar-refractivity contribution >= 4 is 11.7 Å². The van der Waals surface area contributed by atoms with Crippen LogP contribution < -0.4 is 22.9 Å². The van der Waals surface area contributed by atoms with Crippen molar-refractivity contribution in [1.29, 1.82) is 0 Å². The Morgan fingerprint density at radius 1 is 1.18 bits per heavy atom. The number of hydrogen-bond donors (Lipinski definition) is 1. The summed E-state index contributed by atoms with van der Waals surface area (Å²) in [6.07, 6.45) is 0.911. The minimum atomic E-state index is -0.351. The van der Waals surface area contributed by atoms with Crippen molar-refractivity contribution in [3.05, 3.63) is 23.8 Å². The summed E-state index contributed by atoms with van der Waals surface area (Å²) in [5.41, 5.74) is 6.79. The van der Waals surface area contributed by atoms with Crippen LogP contribution in [0.2, 0.25) is 0 Å². The summed E-state index contributed by atoms with van der Waals surface area (Å²) in [6.45, 7) is 9.83. The maximum atomic E-state index is 11.9. The Balaban J connectivity index is 0.00000441. The maximum Gasteiger partial charge on any atom is 0.338 e. The van der Waals surface area contributed by atoms with Gasteiger partial charge in [-0.3, -0.25) is 0 Å². The van der Waals surface area contributed by atoms with Gasteiger partial charge in [0.1, 0.15) is 12.4 Å². The van der Waals surface area contributed by atoms with Crippen LogP contribution in [0.1, 0.15) is 37.6 Å². The minimum Gasteiger partial charge on any atom is -1.00 e. The number of nitrogen functional groups attached to an aromatic ring is 1. The molecule has 1 rings (SSSR count). The van der Waals surface area contributed by atoms with Gasteiger partial charge in [-0.15, -0.1) is 0 Å². The molecule has 0 bridgehead atoms. The molecule has 0 unspecified atom stereocenters. The topological polar surface area (TPSA) is 64.8 Å². The molecule has 0 saturated heterocycles. The summed E-state index contributed by atoms with van der Waals surface area (Å²) in [5, 5.41) is 0. The van der Waals surface area contributed by atoms with E-state index in [0.717, 1.165) is 26.1 Å². The fraction of sp³-hybridized carbons (Fsp3) is 0.562. The van der Waals surface area contributed by atoms with Crippen molar-refractivity contribution in [2.24, 2.45) is 0 Å². The van der Waals surface area contributed by atoms with Gasteiger partial charge in [0.25, 0.3) is 0 Å². The molecule has 0 spiro atoms. The molecule has 0 aliphatic rings. The first-order chi connectivity index (χ1) is 10.1. The van der Waals surface area contributed by atoms with E-state index in [9.17, 15) is 4.79 Å². The SMILES string of the molecule is CCCOc1ccc(C(=O)OCCN(CC)CC)cc1N.[Cl-]. The van der Waals surface area contributed by atoms with E-state index in [1.165, 1.54) is 0 Å². The second-order valence-corrected chi connectivity index (χ2v) is 4.76. The zero-order valence-corrected chi connectivity index (χ0v) is 14.4. The van der Waals surface area contributed by atoms with E-state index < -0.39 is 0 Å². The zero-order valence-electron chi connectivity index (χ0n) is 13.6. The first-order valence-electron chi connectivity index (χ1n) is 7.54. The highest BCUT2D eigenvalue weighted by atomic mass is 35.5. The molecule has 0 atom stereocenters. The third kappa shape index (κ3) is 6.54. The minimum absolute atomic E-state index is 0. The molecule has 0 heterocycles. The zero-order chi connectivity index (χ0) is 15.7. The summed E-state index contributed by atoms with van der Waals surface area (Å²) >= 11 is 0. The number of carbonyl (C=O) groups is 1. The monoisotopic (exact) mass is 329 g/mol. The van der Waals surface area contributed by atoms with E-state index in [1.54, 1.807) is 18.2 Å². The second kappa shape index (κ2) is 11.2. The van der Waals surface area contributed by atoms with Crippen LogP contribution in [0.4, 0.5) is 5.69 Å². The molecule has 0 amide bonds. The summed E-state index contributed by atoms with van der Waals surface area (Å²) in [5.74, 6) is 0.257. The van der Waals surface area contributed by atoms with Gasteiger partial charge >= 0.3 is 5.97 Å². The molecule has 0 aliphatic heterocycles. The van der Waals surface area contributed by atoms with Gasteiger partial charge in [-0.25, -0.2) is 4.79 Å². The summed E-state index contributed by atoms with van der Waals surface area (Å²) in [7, 11) is 0.